The van der Waals surface area contributed by atoms with Crippen LogP contribution < -0.4 is 11.5 Å². The number of halogens is 2. The highest BCUT2D eigenvalue weighted by Gasteiger charge is 2.17. The van der Waals surface area contributed by atoms with Gasteiger partial charge < -0.3 is 11.5 Å². The summed E-state index contributed by atoms with van der Waals surface area (Å²) in [6, 6.07) is 13.8. The normalized spacial score (nSPS) is 10.5. The Labute approximate surface area is 178 Å². The summed E-state index contributed by atoms with van der Waals surface area (Å²) < 4.78 is 0. The average Bonchev–Trinajstić information content (AvgIpc) is 2.60. The molecule has 4 nitrogen and oxygen atoms in total. The Balaban J connectivity index is 0.00000196. The minimum absolute atomic E-state index is 0. The number of fused-ring (bicyclic) bond motifs is 1. The van der Waals surface area contributed by atoms with E-state index in [1.54, 1.807) is 6.07 Å². The van der Waals surface area contributed by atoms with E-state index in [0.29, 0.717) is 18.0 Å². The average molecular weight is 420 g/mol. The van der Waals surface area contributed by atoms with Crippen LogP contribution in [0, 0.1) is 12.8 Å². The van der Waals surface area contributed by atoms with Crippen LogP contribution in [-0.4, -0.2) is 10.9 Å². The lowest BCUT2D eigenvalue weighted by Gasteiger charge is -2.18. The van der Waals surface area contributed by atoms with Gasteiger partial charge in [0.2, 0.25) is 5.91 Å². The molecule has 1 heterocycles. The molecule has 0 saturated carbocycles. The Bertz CT molecular complexity index is 970. The number of amides is 1. The molecule has 0 aliphatic carbocycles. The number of carbonyl (C=O) groups is 1. The second-order valence-corrected chi connectivity index (χ2v) is 7.18. The summed E-state index contributed by atoms with van der Waals surface area (Å²) in [7, 11) is 0. The van der Waals surface area contributed by atoms with Crippen molar-refractivity contribution in [2.75, 3.05) is 0 Å². The molecule has 0 aliphatic heterocycles. The smallest absolute Gasteiger partial charge is 0.248 e. The molecule has 3 aromatic rings. The summed E-state index contributed by atoms with van der Waals surface area (Å²) in [6.07, 6.45) is 0.860. The molecule has 0 unspecified atom stereocenters. The van der Waals surface area contributed by atoms with E-state index < -0.39 is 5.91 Å². The Kier molecular flexibility index (Phi) is 8.43. The summed E-state index contributed by atoms with van der Waals surface area (Å²) in [6.45, 7) is 6.81. The van der Waals surface area contributed by atoms with E-state index in [-0.39, 0.29) is 24.8 Å². The van der Waals surface area contributed by atoms with E-state index in [2.05, 4.69) is 45.0 Å². The standard InChI is InChI=1S/C22H25N3O.2ClH/c1-13(2)10-20-18(12-23)21(15-6-4-14(3)5-7-15)17-11-16(22(24)26)8-9-19(17)25-20;;/h4-9,11,13H,10,12,23H2,1-3H3,(H2,24,26);2*1H. The summed E-state index contributed by atoms with van der Waals surface area (Å²) in [4.78, 5) is 16.5. The number of hydrogen-bond acceptors (Lipinski definition) is 3. The number of primary amides is 1. The van der Waals surface area contributed by atoms with Gasteiger partial charge in [0, 0.05) is 23.2 Å². The molecular weight excluding hydrogens is 393 g/mol. The fourth-order valence-corrected chi connectivity index (χ4v) is 3.33. The molecule has 28 heavy (non-hydrogen) atoms. The first-order valence-corrected chi connectivity index (χ1v) is 8.93. The first-order chi connectivity index (χ1) is 12.4. The van der Waals surface area contributed by atoms with Gasteiger partial charge >= 0.3 is 0 Å². The van der Waals surface area contributed by atoms with Crippen molar-refractivity contribution in [1.82, 2.24) is 4.98 Å². The molecule has 0 fully saturated rings. The van der Waals surface area contributed by atoms with E-state index in [1.165, 1.54) is 5.56 Å². The van der Waals surface area contributed by atoms with Gasteiger partial charge in [0.15, 0.2) is 0 Å². The number of carbonyl (C=O) groups excluding carboxylic acids is 1. The lowest BCUT2D eigenvalue weighted by molar-refractivity contribution is 0.100. The van der Waals surface area contributed by atoms with Crippen LogP contribution in [0.1, 0.15) is 41.0 Å². The molecular formula is C22H27Cl2N3O. The van der Waals surface area contributed by atoms with Crippen molar-refractivity contribution >= 4 is 41.6 Å². The zero-order chi connectivity index (χ0) is 18.8. The van der Waals surface area contributed by atoms with E-state index in [9.17, 15) is 4.79 Å². The lowest BCUT2D eigenvalue weighted by Crippen LogP contribution is -2.12. The van der Waals surface area contributed by atoms with Gasteiger partial charge in [0.05, 0.1) is 5.52 Å². The highest BCUT2D eigenvalue weighted by atomic mass is 35.5. The maximum absolute atomic E-state index is 11.7. The molecule has 0 radical (unpaired) electrons. The monoisotopic (exact) mass is 419 g/mol. The SMILES string of the molecule is Cc1ccc(-c2c(CN)c(CC(C)C)nc3ccc(C(N)=O)cc23)cc1.Cl.Cl. The van der Waals surface area contributed by atoms with Crippen molar-refractivity contribution in [2.24, 2.45) is 17.4 Å². The predicted octanol–water partition coefficient (Wildman–Crippen LogP) is 4.81. The number of rotatable bonds is 5. The Morgan fingerprint density at radius 2 is 1.71 bits per heavy atom. The summed E-state index contributed by atoms with van der Waals surface area (Å²) >= 11 is 0. The largest absolute Gasteiger partial charge is 0.366 e. The Morgan fingerprint density at radius 3 is 2.25 bits per heavy atom. The van der Waals surface area contributed by atoms with Crippen LogP contribution in [0.25, 0.3) is 22.0 Å². The molecule has 4 N–H and O–H groups in total. The van der Waals surface area contributed by atoms with Crippen LogP contribution in [0.15, 0.2) is 42.5 Å². The molecule has 3 rings (SSSR count). The summed E-state index contributed by atoms with van der Waals surface area (Å²) in [5.74, 6) is 0.0309. The molecule has 6 heteroatoms. The topological polar surface area (TPSA) is 82.0 Å². The molecule has 150 valence electrons. The molecule has 0 atom stereocenters. The fraction of sp³-hybridized carbons (Fsp3) is 0.273. The number of nitrogens with two attached hydrogens (primary N) is 2. The quantitative estimate of drug-likeness (QED) is 0.622. The Morgan fingerprint density at radius 1 is 1.07 bits per heavy atom. The third kappa shape index (κ3) is 4.82. The van der Waals surface area contributed by atoms with Gasteiger partial charge in [-0.3, -0.25) is 9.78 Å². The van der Waals surface area contributed by atoms with Crippen LogP contribution in [0.4, 0.5) is 0 Å². The van der Waals surface area contributed by atoms with E-state index in [0.717, 1.165) is 39.7 Å². The minimum atomic E-state index is -0.442. The molecule has 0 saturated heterocycles. The Hall–Kier alpha value is -2.14. The maximum atomic E-state index is 11.7. The van der Waals surface area contributed by atoms with Gasteiger partial charge in [0.25, 0.3) is 0 Å². The molecule has 1 amide bonds. The van der Waals surface area contributed by atoms with Gasteiger partial charge in [-0.2, -0.15) is 0 Å². The van der Waals surface area contributed by atoms with E-state index in [1.807, 2.05) is 12.1 Å². The van der Waals surface area contributed by atoms with Crippen molar-refractivity contribution in [1.29, 1.82) is 0 Å². The van der Waals surface area contributed by atoms with Crippen LogP contribution in [0.5, 0.6) is 0 Å². The van der Waals surface area contributed by atoms with Crippen molar-refractivity contribution < 1.29 is 4.79 Å². The van der Waals surface area contributed by atoms with Crippen molar-refractivity contribution in [3.63, 3.8) is 0 Å². The van der Waals surface area contributed by atoms with Crippen molar-refractivity contribution in [2.45, 2.75) is 33.7 Å². The molecule has 2 aromatic carbocycles. The van der Waals surface area contributed by atoms with Gasteiger partial charge in [0.1, 0.15) is 0 Å². The first kappa shape index (κ1) is 23.9. The van der Waals surface area contributed by atoms with Gasteiger partial charge in [-0.15, -0.1) is 24.8 Å². The van der Waals surface area contributed by atoms with E-state index in [4.69, 9.17) is 16.5 Å². The molecule has 0 bridgehead atoms. The third-order valence-electron chi connectivity index (χ3n) is 4.60. The third-order valence-corrected chi connectivity index (χ3v) is 4.60. The lowest BCUT2D eigenvalue weighted by atomic mass is 9.90. The van der Waals surface area contributed by atoms with E-state index >= 15 is 0 Å². The minimum Gasteiger partial charge on any atom is -0.366 e. The molecule has 1 aromatic heterocycles. The second-order valence-electron chi connectivity index (χ2n) is 7.18. The molecule has 0 spiro atoms. The van der Waals surface area contributed by atoms with Gasteiger partial charge in [-0.05, 0) is 54.2 Å². The van der Waals surface area contributed by atoms with Crippen LogP contribution in [0.2, 0.25) is 0 Å². The summed E-state index contributed by atoms with van der Waals surface area (Å²) in [5.41, 5.74) is 18.4. The van der Waals surface area contributed by atoms with Crippen LogP contribution in [-0.2, 0) is 13.0 Å². The zero-order valence-electron chi connectivity index (χ0n) is 16.4. The van der Waals surface area contributed by atoms with Crippen LogP contribution in [0.3, 0.4) is 0 Å². The number of aromatic nitrogens is 1. The van der Waals surface area contributed by atoms with Gasteiger partial charge in [-0.25, -0.2) is 0 Å². The van der Waals surface area contributed by atoms with Crippen molar-refractivity contribution in [3.05, 3.63) is 64.8 Å². The molecule has 0 aliphatic rings. The highest BCUT2D eigenvalue weighted by Crippen LogP contribution is 2.34. The van der Waals surface area contributed by atoms with Crippen LogP contribution >= 0.6 is 24.8 Å². The first-order valence-electron chi connectivity index (χ1n) is 8.93. The number of hydrogen-bond donors (Lipinski definition) is 2. The van der Waals surface area contributed by atoms with Gasteiger partial charge in [-0.1, -0.05) is 43.7 Å². The zero-order valence-corrected chi connectivity index (χ0v) is 18.0. The fourth-order valence-electron chi connectivity index (χ4n) is 3.33. The number of nitrogens with zero attached hydrogens (tertiary/aromatic N) is 1. The maximum Gasteiger partial charge on any atom is 0.248 e. The summed E-state index contributed by atoms with van der Waals surface area (Å²) in [5, 5.41) is 0.915. The highest BCUT2D eigenvalue weighted by molar-refractivity contribution is 6.02. The number of pyridine rings is 1. The second kappa shape index (κ2) is 9.87. The van der Waals surface area contributed by atoms with Crippen molar-refractivity contribution in [3.8, 4) is 11.1 Å². The predicted molar refractivity (Wildman–Crippen MR) is 121 cm³/mol. The number of aryl methyl sites for hydroxylation is 1. The number of benzene rings is 2.